The minimum absolute atomic E-state index is 0. The molecule has 16 heavy (non-hydrogen) atoms. The third kappa shape index (κ3) is 2.34. The van der Waals surface area contributed by atoms with Crippen molar-refractivity contribution in [3.63, 3.8) is 0 Å². The second-order valence-corrected chi connectivity index (χ2v) is 4.00. The molecule has 1 aromatic carbocycles. The van der Waals surface area contributed by atoms with Gasteiger partial charge in [-0.15, -0.1) is 12.4 Å². The summed E-state index contributed by atoms with van der Waals surface area (Å²) in [5, 5.41) is 20.9. The lowest BCUT2D eigenvalue weighted by atomic mass is 10.2. The number of benzene rings is 1. The molecule has 86 valence electrons. The SMILES string of the molecule is Cl.N#Cc1ccc([N+]2([O-])CCC(N)C2)cc1. The first-order chi connectivity index (χ1) is 7.14. The maximum Gasteiger partial charge on any atom is 0.132 e. The average molecular weight is 240 g/mol. The second kappa shape index (κ2) is 4.81. The van der Waals surface area contributed by atoms with Crippen LogP contribution in [0, 0.1) is 16.5 Å². The monoisotopic (exact) mass is 239 g/mol. The molecule has 1 aliphatic rings. The van der Waals surface area contributed by atoms with E-state index in [-0.39, 0.29) is 23.1 Å². The Labute approximate surface area is 101 Å². The summed E-state index contributed by atoms with van der Waals surface area (Å²) in [6.07, 6.45) is 0.767. The van der Waals surface area contributed by atoms with Gasteiger partial charge in [-0.05, 0) is 12.1 Å². The summed E-state index contributed by atoms with van der Waals surface area (Å²) in [6.45, 7) is 0.971. The van der Waals surface area contributed by atoms with Gasteiger partial charge >= 0.3 is 0 Å². The van der Waals surface area contributed by atoms with Gasteiger partial charge in [-0.25, -0.2) is 0 Å². The molecule has 1 aliphatic heterocycles. The zero-order chi connectivity index (χ0) is 10.9. The predicted molar refractivity (Wildman–Crippen MR) is 65.9 cm³/mol. The largest absolute Gasteiger partial charge is 0.627 e. The zero-order valence-corrected chi connectivity index (χ0v) is 9.61. The number of rotatable bonds is 1. The van der Waals surface area contributed by atoms with Gasteiger partial charge in [0.25, 0.3) is 0 Å². The highest BCUT2D eigenvalue weighted by Gasteiger charge is 2.30. The number of hydroxylamine groups is 2. The molecule has 0 aliphatic carbocycles. The highest BCUT2D eigenvalue weighted by molar-refractivity contribution is 5.85. The molecule has 1 aromatic rings. The number of nitrogens with zero attached hydrogens (tertiary/aromatic N) is 2. The van der Waals surface area contributed by atoms with Crippen molar-refractivity contribution >= 4 is 18.1 Å². The molecule has 4 nitrogen and oxygen atoms in total. The van der Waals surface area contributed by atoms with Crippen LogP contribution < -0.4 is 10.4 Å². The Morgan fingerprint density at radius 2 is 2.00 bits per heavy atom. The number of nitrogens with two attached hydrogens (primary N) is 1. The predicted octanol–water partition coefficient (Wildman–Crippen LogP) is 1.52. The van der Waals surface area contributed by atoms with Crippen LogP contribution in [-0.4, -0.2) is 19.1 Å². The van der Waals surface area contributed by atoms with E-state index in [1.807, 2.05) is 6.07 Å². The van der Waals surface area contributed by atoms with E-state index in [4.69, 9.17) is 11.0 Å². The van der Waals surface area contributed by atoms with Crippen molar-refractivity contribution in [3.8, 4) is 6.07 Å². The maximum atomic E-state index is 12.3. The van der Waals surface area contributed by atoms with Crippen molar-refractivity contribution in [3.05, 3.63) is 35.0 Å². The molecule has 5 heteroatoms. The molecular formula is C11H14ClN3O. The van der Waals surface area contributed by atoms with Crippen LogP contribution in [0.3, 0.4) is 0 Å². The maximum absolute atomic E-state index is 12.3. The minimum atomic E-state index is -0.354. The lowest BCUT2D eigenvalue weighted by Gasteiger charge is -2.37. The lowest BCUT2D eigenvalue weighted by molar-refractivity contribution is 0.448. The first kappa shape index (κ1) is 12.9. The molecule has 2 rings (SSSR count). The van der Waals surface area contributed by atoms with Crippen LogP contribution in [0.2, 0.25) is 0 Å². The van der Waals surface area contributed by atoms with Crippen LogP contribution in [0.15, 0.2) is 24.3 Å². The Kier molecular flexibility index (Phi) is 3.89. The summed E-state index contributed by atoms with van der Waals surface area (Å²) in [5.41, 5.74) is 7.01. The minimum Gasteiger partial charge on any atom is -0.627 e. The van der Waals surface area contributed by atoms with E-state index in [0.29, 0.717) is 24.3 Å². The average Bonchev–Trinajstić information content (AvgIpc) is 2.60. The second-order valence-electron chi connectivity index (χ2n) is 4.00. The highest BCUT2D eigenvalue weighted by Crippen LogP contribution is 2.27. The number of quaternary nitrogens is 1. The fourth-order valence-electron chi connectivity index (χ4n) is 1.98. The number of halogens is 1. The van der Waals surface area contributed by atoms with Crippen LogP contribution in [0.5, 0.6) is 0 Å². The zero-order valence-electron chi connectivity index (χ0n) is 8.80. The summed E-state index contributed by atoms with van der Waals surface area (Å²) in [6, 6.07) is 8.84. The molecule has 0 aromatic heterocycles. The quantitative estimate of drug-likeness (QED) is 0.597. The highest BCUT2D eigenvalue weighted by atomic mass is 35.5. The van der Waals surface area contributed by atoms with Crippen molar-refractivity contribution in [2.75, 3.05) is 13.1 Å². The van der Waals surface area contributed by atoms with Crippen LogP contribution in [0.1, 0.15) is 12.0 Å². The molecule has 1 heterocycles. The normalized spacial score (nSPS) is 28.2. The van der Waals surface area contributed by atoms with E-state index >= 15 is 0 Å². The molecule has 0 saturated carbocycles. The van der Waals surface area contributed by atoms with E-state index in [2.05, 4.69) is 0 Å². The van der Waals surface area contributed by atoms with Crippen molar-refractivity contribution in [2.45, 2.75) is 12.5 Å². The Bertz CT molecular complexity index is 401. The van der Waals surface area contributed by atoms with Gasteiger partial charge in [0.05, 0.1) is 30.8 Å². The van der Waals surface area contributed by atoms with Crippen LogP contribution in [0.25, 0.3) is 0 Å². The van der Waals surface area contributed by atoms with Gasteiger partial charge in [0.15, 0.2) is 0 Å². The van der Waals surface area contributed by atoms with Crippen molar-refractivity contribution in [1.29, 1.82) is 5.26 Å². The smallest absolute Gasteiger partial charge is 0.132 e. The Hall–Kier alpha value is -1.12. The first-order valence-corrected chi connectivity index (χ1v) is 4.98. The molecule has 0 amide bonds. The van der Waals surface area contributed by atoms with Gasteiger partial charge in [0.1, 0.15) is 5.69 Å². The molecule has 0 radical (unpaired) electrons. The summed E-state index contributed by atoms with van der Waals surface area (Å²) in [5.74, 6) is 0. The van der Waals surface area contributed by atoms with E-state index in [1.54, 1.807) is 24.3 Å². The molecular weight excluding hydrogens is 226 g/mol. The molecule has 2 N–H and O–H groups in total. The third-order valence-corrected chi connectivity index (χ3v) is 2.86. The summed E-state index contributed by atoms with van der Waals surface area (Å²) < 4.78 is -0.354. The molecule has 2 atom stereocenters. The van der Waals surface area contributed by atoms with E-state index < -0.39 is 0 Å². The summed E-state index contributed by atoms with van der Waals surface area (Å²) in [4.78, 5) is 0. The Balaban J connectivity index is 0.00000128. The van der Waals surface area contributed by atoms with Crippen LogP contribution >= 0.6 is 12.4 Å². The Morgan fingerprint density at radius 1 is 1.38 bits per heavy atom. The van der Waals surface area contributed by atoms with Crippen LogP contribution in [0.4, 0.5) is 5.69 Å². The Morgan fingerprint density at radius 3 is 2.44 bits per heavy atom. The topological polar surface area (TPSA) is 72.9 Å². The number of hydrogen-bond acceptors (Lipinski definition) is 3. The van der Waals surface area contributed by atoms with Gasteiger partial charge in [0.2, 0.25) is 0 Å². The van der Waals surface area contributed by atoms with Gasteiger partial charge in [-0.1, -0.05) is 0 Å². The van der Waals surface area contributed by atoms with E-state index in [1.165, 1.54) is 0 Å². The molecule has 1 fully saturated rings. The van der Waals surface area contributed by atoms with Gasteiger partial charge in [0, 0.05) is 18.6 Å². The van der Waals surface area contributed by atoms with E-state index in [9.17, 15) is 5.21 Å². The van der Waals surface area contributed by atoms with Crippen molar-refractivity contribution in [1.82, 2.24) is 4.65 Å². The van der Waals surface area contributed by atoms with Gasteiger partial charge in [-0.3, -0.25) is 0 Å². The number of hydrogen-bond donors (Lipinski definition) is 1. The van der Waals surface area contributed by atoms with Gasteiger partial charge < -0.3 is 15.6 Å². The van der Waals surface area contributed by atoms with Crippen molar-refractivity contribution in [2.24, 2.45) is 5.73 Å². The fourth-order valence-corrected chi connectivity index (χ4v) is 1.98. The lowest BCUT2D eigenvalue weighted by Crippen LogP contribution is -2.42. The standard InChI is InChI=1S/C11H13N3O.ClH/c12-7-9-1-3-11(4-2-9)14(15)6-5-10(13)8-14;/h1-4,10H,5-6,8,13H2;1H. The molecule has 0 spiro atoms. The van der Waals surface area contributed by atoms with Crippen LogP contribution in [-0.2, 0) is 0 Å². The molecule has 0 bridgehead atoms. The molecule has 1 saturated heterocycles. The summed E-state index contributed by atoms with van der Waals surface area (Å²) >= 11 is 0. The third-order valence-electron chi connectivity index (χ3n) is 2.86. The number of nitriles is 1. The molecule has 2 unspecified atom stereocenters. The summed E-state index contributed by atoms with van der Waals surface area (Å²) in [7, 11) is 0. The van der Waals surface area contributed by atoms with E-state index in [0.717, 1.165) is 6.42 Å². The first-order valence-electron chi connectivity index (χ1n) is 4.98. The van der Waals surface area contributed by atoms with Gasteiger partial charge in [-0.2, -0.15) is 5.26 Å². The van der Waals surface area contributed by atoms with Crippen molar-refractivity contribution < 1.29 is 0 Å². The fraction of sp³-hybridized carbons (Fsp3) is 0.364.